The lowest BCUT2D eigenvalue weighted by molar-refractivity contribution is 0.0663. The molecule has 1 aliphatic rings. The summed E-state index contributed by atoms with van der Waals surface area (Å²) in [6.07, 6.45) is 2.12. The second-order valence-corrected chi connectivity index (χ2v) is 7.36. The molecule has 0 radical (unpaired) electrons. The lowest BCUT2D eigenvalue weighted by Crippen LogP contribution is -2.44. The molecule has 21 heavy (non-hydrogen) atoms. The van der Waals surface area contributed by atoms with Gasteiger partial charge >= 0.3 is 0 Å². The summed E-state index contributed by atoms with van der Waals surface area (Å²) in [4.78, 5) is 16.4. The number of carbonyl (C=O) groups excluding carboxylic acids is 1. The van der Waals surface area contributed by atoms with Crippen molar-refractivity contribution in [1.82, 2.24) is 4.90 Å². The van der Waals surface area contributed by atoms with E-state index >= 15 is 0 Å². The van der Waals surface area contributed by atoms with Crippen molar-refractivity contribution in [2.24, 2.45) is 11.7 Å². The van der Waals surface area contributed by atoms with Gasteiger partial charge in [0.2, 0.25) is 0 Å². The Morgan fingerprint density at radius 3 is 2.81 bits per heavy atom. The maximum Gasteiger partial charge on any atom is 0.267 e. The Hall–Kier alpha value is -0.300. The molecule has 2 atom stereocenters. The highest BCUT2D eigenvalue weighted by molar-refractivity contribution is 9.10. The third kappa shape index (κ3) is 3.92. The minimum absolute atomic E-state index is 0. The molecule has 0 bridgehead atoms. The molecule has 0 saturated carbocycles. The van der Waals surface area contributed by atoms with Gasteiger partial charge in [-0.2, -0.15) is 0 Å². The van der Waals surface area contributed by atoms with E-state index in [0.717, 1.165) is 35.3 Å². The largest absolute Gasteiger partial charge is 0.494 e. The van der Waals surface area contributed by atoms with Crippen LogP contribution in [-0.4, -0.2) is 37.0 Å². The molecule has 2 heterocycles. The van der Waals surface area contributed by atoms with Crippen LogP contribution in [0.1, 0.15) is 34.3 Å². The molecule has 1 amide bonds. The Kier molecular flexibility index (Phi) is 6.97. The lowest BCUT2D eigenvalue weighted by Gasteiger charge is -2.34. The first-order valence-corrected chi connectivity index (χ1v) is 8.44. The van der Waals surface area contributed by atoms with Gasteiger partial charge in [0.15, 0.2) is 5.75 Å². The van der Waals surface area contributed by atoms with E-state index in [-0.39, 0.29) is 24.4 Å². The van der Waals surface area contributed by atoms with Crippen LogP contribution < -0.4 is 10.5 Å². The van der Waals surface area contributed by atoms with E-state index in [2.05, 4.69) is 15.9 Å². The van der Waals surface area contributed by atoms with Gasteiger partial charge in [0, 0.05) is 24.0 Å². The van der Waals surface area contributed by atoms with Crippen LogP contribution >= 0.6 is 39.7 Å². The summed E-state index contributed by atoms with van der Waals surface area (Å²) in [6, 6.07) is 0.129. The van der Waals surface area contributed by atoms with E-state index in [4.69, 9.17) is 10.5 Å². The number of nitrogens with two attached hydrogens (primary N) is 1. The monoisotopic (exact) mass is 396 g/mol. The third-order valence-corrected chi connectivity index (χ3v) is 6.15. The van der Waals surface area contributed by atoms with Gasteiger partial charge in [-0.05, 0) is 48.5 Å². The van der Waals surface area contributed by atoms with Crippen LogP contribution in [0.25, 0.3) is 0 Å². The zero-order valence-corrected chi connectivity index (χ0v) is 15.7. The van der Waals surface area contributed by atoms with Crippen LogP contribution in [0.5, 0.6) is 5.75 Å². The number of halogens is 2. The number of thiophene rings is 1. The first kappa shape index (κ1) is 18.7. The van der Waals surface area contributed by atoms with Gasteiger partial charge in [-0.25, -0.2) is 0 Å². The van der Waals surface area contributed by atoms with Crippen molar-refractivity contribution in [1.29, 1.82) is 0 Å². The van der Waals surface area contributed by atoms with Crippen molar-refractivity contribution in [2.45, 2.75) is 32.7 Å². The van der Waals surface area contributed by atoms with Crippen LogP contribution in [0.15, 0.2) is 4.47 Å². The maximum absolute atomic E-state index is 12.7. The standard InChI is InChI=1S/C14H21BrN2O2S.ClH/c1-8(16)10-5-4-6-17(7-10)14(18)13-12(19-3)11(15)9(2)20-13;/h8,10H,4-7,16H2,1-3H3;1H. The number of methoxy groups -OCH3 is 1. The Balaban J connectivity index is 0.00000220. The number of carbonyl (C=O) groups is 1. The van der Waals surface area contributed by atoms with E-state index in [0.29, 0.717) is 16.5 Å². The molecule has 1 aliphatic heterocycles. The SMILES string of the molecule is COc1c(C(=O)N2CCCC(C(C)N)C2)sc(C)c1Br.Cl. The Morgan fingerprint density at radius 2 is 2.24 bits per heavy atom. The highest BCUT2D eigenvalue weighted by Crippen LogP contribution is 2.40. The molecule has 1 aromatic heterocycles. The van der Waals surface area contributed by atoms with Gasteiger partial charge in [-0.15, -0.1) is 23.7 Å². The molecule has 2 rings (SSSR count). The molecule has 120 valence electrons. The van der Waals surface area contributed by atoms with Crippen molar-refractivity contribution in [3.05, 3.63) is 14.2 Å². The zero-order valence-electron chi connectivity index (χ0n) is 12.5. The fourth-order valence-corrected chi connectivity index (χ4v) is 4.31. The van der Waals surface area contributed by atoms with Crippen molar-refractivity contribution in [3.8, 4) is 5.75 Å². The molecule has 2 N–H and O–H groups in total. The molecule has 1 saturated heterocycles. The summed E-state index contributed by atoms with van der Waals surface area (Å²) in [6.45, 7) is 5.55. The number of aryl methyl sites for hydroxylation is 1. The number of amides is 1. The molecule has 4 nitrogen and oxygen atoms in total. The number of piperidine rings is 1. The second kappa shape index (κ2) is 7.81. The molecular weight excluding hydrogens is 376 g/mol. The average Bonchev–Trinajstić information content (AvgIpc) is 2.73. The predicted molar refractivity (Wildman–Crippen MR) is 92.8 cm³/mol. The normalized spacial score (nSPS) is 19.9. The lowest BCUT2D eigenvalue weighted by atomic mass is 9.92. The average molecular weight is 398 g/mol. The van der Waals surface area contributed by atoms with Crippen LogP contribution in [0.2, 0.25) is 0 Å². The summed E-state index contributed by atoms with van der Waals surface area (Å²) >= 11 is 4.97. The number of rotatable bonds is 3. The van der Waals surface area contributed by atoms with Gasteiger partial charge in [-0.1, -0.05) is 0 Å². The van der Waals surface area contributed by atoms with Crippen LogP contribution in [0.4, 0.5) is 0 Å². The molecular formula is C14H22BrClN2O2S. The number of hydrogen-bond acceptors (Lipinski definition) is 4. The highest BCUT2D eigenvalue weighted by atomic mass is 79.9. The van der Waals surface area contributed by atoms with Gasteiger partial charge < -0.3 is 15.4 Å². The van der Waals surface area contributed by atoms with Crippen LogP contribution in [0, 0.1) is 12.8 Å². The summed E-state index contributed by atoms with van der Waals surface area (Å²) in [5, 5.41) is 0. The summed E-state index contributed by atoms with van der Waals surface area (Å²) < 4.78 is 6.26. The van der Waals surface area contributed by atoms with Gasteiger partial charge in [0.05, 0.1) is 11.6 Å². The number of nitrogens with zero attached hydrogens (tertiary/aromatic N) is 1. The van der Waals surface area contributed by atoms with Crippen molar-refractivity contribution in [3.63, 3.8) is 0 Å². The molecule has 0 spiro atoms. The molecule has 0 aliphatic carbocycles. The highest BCUT2D eigenvalue weighted by Gasteiger charge is 2.30. The summed E-state index contributed by atoms with van der Waals surface area (Å²) in [5.74, 6) is 1.11. The quantitative estimate of drug-likeness (QED) is 0.850. The maximum atomic E-state index is 12.7. The first-order chi connectivity index (χ1) is 9.45. The van der Waals surface area contributed by atoms with Crippen LogP contribution in [-0.2, 0) is 0 Å². The van der Waals surface area contributed by atoms with Gasteiger partial charge in [0.25, 0.3) is 5.91 Å². The van der Waals surface area contributed by atoms with E-state index in [1.165, 1.54) is 11.3 Å². The fourth-order valence-electron chi connectivity index (χ4n) is 2.59. The van der Waals surface area contributed by atoms with E-state index in [9.17, 15) is 4.79 Å². The summed E-state index contributed by atoms with van der Waals surface area (Å²) in [7, 11) is 1.60. The third-order valence-electron chi connectivity index (χ3n) is 3.86. The predicted octanol–water partition coefficient (Wildman–Crippen LogP) is 3.45. The summed E-state index contributed by atoms with van der Waals surface area (Å²) in [5.41, 5.74) is 5.98. The molecule has 0 aromatic carbocycles. The van der Waals surface area contributed by atoms with Crippen molar-refractivity contribution >= 4 is 45.6 Å². The van der Waals surface area contributed by atoms with E-state index in [1.807, 2.05) is 18.7 Å². The Labute approximate surface area is 144 Å². The number of ether oxygens (including phenoxy) is 1. The minimum Gasteiger partial charge on any atom is -0.494 e. The van der Waals surface area contributed by atoms with Gasteiger partial charge in [-0.3, -0.25) is 4.79 Å². The molecule has 1 fully saturated rings. The minimum atomic E-state index is 0. The molecule has 1 aromatic rings. The first-order valence-electron chi connectivity index (χ1n) is 6.83. The zero-order chi connectivity index (χ0) is 14.9. The van der Waals surface area contributed by atoms with Crippen LogP contribution in [0.3, 0.4) is 0 Å². The number of hydrogen-bond donors (Lipinski definition) is 1. The van der Waals surface area contributed by atoms with Crippen molar-refractivity contribution in [2.75, 3.05) is 20.2 Å². The topological polar surface area (TPSA) is 55.6 Å². The van der Waals surface area contributed by atoms with Crippen molar-refractivity contribution < 1.29 is 9.53 Å². The molecule has 7 heteroatoms. The second-order valence-electron chi connectivity index (χ2n) is 5.35. The smallest absolute Gasteiger partial charge is 0.267 e. The van der Waals surface area contributed by atoms with E-state index < -0.39 is 0 Å². The Bertz CT molecular complexity index is 507. The van der Waals surface area contributed by atoms with E-state index in [1.54, 1.807) is 7.11 Å². The Morgan fingerprint density at radius 1 is 1.57 bits per heavy atom. The number of likely N-dealkylation sites (tertiary alicyclic amines) is 1. The van der Waals surface area contributed by atoms with Gasteiger partial charge in [0.1, 0.15) is 4.88 Å². The molecule has 2 unspecified atom stereocenters. The fraction of sp³-hybridized carbons (Fsp3) is 0.643.